The molecule has 7 nitrogen and oxygen atoms in total. The van der Waals surface area contributed by atoms with E-state index in [1.54, 1.807) is 12.1 Å². The number of esters is 1. The van der Waals surface area contributed by atoms with E-state index in [-0.39, 0.29) is 24.6 Å². The third-order valence-electron chi connectivity index (χ3n) is 4.85. The van der Waals surface area contributed by atoms with E-state index in [1.807, 2.05) is 72.8 Å². The summed E-state index contributed by atoms with van der Waals surface area (Å²) < 4.78 is 5.14. The summed E-state index contributed by atoms with van der Waals surface area (Å²) in [5, 5.41) is 2.34. The molecule has 0 saturated carbocycles. The monoisotopic (exact) mass is 475 g/mol. The zero-order valence-electron chi connectivity index (χ0n) is 18.5. The van der Waals surface area contributed by atoms with Crippen LogP contribution in [0.4, 0.5) is 0 Å². The topological polar surface area (TPSA) is 96.5 Å². The molecule has 0 radical (unpaired) electrons. The Balaban J connectivity index is 1.32. The number of benzene rings is 3. The maximum absolute atomic E-state index is 12.3. The smallest absolute Gasteiger partial charge is 0.306 e. The first-order chi connectivity index (χ1) is 16.5. The molecule has 0 spiro atoms. The number of thiocarbonyl (C=S) groups is 1. The van der Waals surface area contributed by atoms with Crippen molar-refractivity contribution < 1.29 is 19.1 Å². The molecule has 0 saturated heterocycles. The molecule has 0 fully saturated rings. The van der Waals surface area contributed by atoms with Crippen LogP contribution in [0.2, 0.25) is 0 Å². The third kappa shape index (κ3) is 8.14. The first kappa shape index (κ1) is 24.6. The number of nitrogens with one attached hydrogen (secondary N) is 3. The maximum atomic E-state index is 12.3. The van der Waals surface area contributed by atoms with E-state index in [0.29, 0.717) is 12.0 Å². The number of hydrogen-bond acceptors (Lipinski definition) is 5. The van der Waals surface area contributed by atoms with Gasteiger partial charge in [0.1, 0.15) is 0 Å². The van der Waals surface area contributed by atoms with Crippen LogP contribution in [-0.4, -0.2) is 29.5 Å². The van der Waals surface area contributed by atoms with Gasteiger partial charge in [-0.2, -0.15) is 0 Å². The normalized spacial score (nSPS) is 10.1. The average Bonchev–Trinajstić information content (AvgIpc) is 2.87. The van der Waals surface area contributed by atoms with Gasteiger partial charge in [0.05, 0.1) is 13.0 Å². The summed E-state index contributed by atoms with van der Waals surface area (Å²) in [6, 6.07) is 26.6. The van der Waals surface area contributed by atoms with Crippen molar-refractivity contribution in [3.05, 3.63) is 96.1 Å². The molecule has 3 aromatic carbocycles. The standard InChI is InChI=1S/C26H25N3O4S/c30-23(15-16-24(31)33-18-17-19-7-3-1-4-8-19)27-26(34)29-28-25(32)22-13-11-21(12-14-22)20-9-5-2-6-10-20/h1-14H,15-18H2,(H,28,32)(H2,27,29,30,34). The minimum absolute atomic E-state index is 0.0661. The van der Waals surface area contributed by atoms with Gasteiger partial charge in [0.2, 0.25) is 5.91 Å². The number of carbonyl (C=O) groups is 3. The minimum atomic E-state index is -0.461. The SMILES string of the molecule is O=C(CCC(=O)OCCc1ccccc1)NC(=S)NNC(=O)c1ccc(-c2ccccc2)cc1. The van der Waals surface area contributed by atoms with Crippen LogP contribution in [0.25, 0.3) is 11.1 Å². The highest BCUT2D eigenvalue weighted by atomic mass is 32.1. The van der Waals surface area contributed by atoms with E-state index in [1.165, 1.54) is 0 Å². The van der Waals surface area contributed by atoms with E-state index < -0.39 is 17.8 Å². The van der Waals surface area contributed by atoms with Crippen molar-refractivity contribution in [2.24, 2.45) is 0 Å². The lowest BCUT2D eigenvalue weighted by Crippen LogP contribution is -2.48. The summed E-state index contributed by atoms with van der Waals surface area (Å²) in [6.45, 7) is 0.253. The Hall–Kier alpha value is -4.04. The first-order valence-electron chi connectivity index (χ1n) is 10.8. The molecule has 8 heteroatoms. The van der Waals surface area contributed by atoms with Crippen molar-refractivity contribution in [2.75, 3.05) is 6.61 Å². The van der Waals surface area contributed by atoms with E-state index >= 15 is 0 Å². The van der Waals surface area contributed by atoms with Crippen molar-refractivity contribution in [2.45, 2.75) is 19.3 Å². The minimum Gasteiger partial charge on any atom is -0.465 e. The zero-order chi connectivity index (χ0) is 24.2. The van der Waals surface area contributed by atoms with Gasteiger partial charge in [0.15, 0.2) is 5.11 Å². The van der Waals surface area contributed by atoms with Crippen molar-refractivity contribution in [1.82, 2.24) is 16.2 Å². The Labute approximate surface area is 203 Å². The Morgan fingerprint density at radius 1 is 0.735 bits per heavy atom. The van der Waals surface area contributed by atoms with Gasteiger partial charge in [-0.1, -0.05) is 72.8 Å². The molecule has 34 heavy (non-hydrogen) atoms. The Morgan fingerprint density at radius 2 is 1.35 bits per heavy atom. The molecule has 0 unspecified atom stereocenters. The summed E-state index contributed by atoms with van der Waals surface area (Å²) in [4.78, 5) is 36.1. The van der Waals surface area contributed by atoms with Gasteiger partial charge in [0, 0.05) is 18.4 Å². The lowest BCUT2D eigenvalue weighted by Gasteiger charge is -2.11. The molecule has 0 aliphatic heterocycles. The summed E-state index contributed by atoms with van der Waals surface area (Å²) in [5.74, 6) is -1.32. The molecule has 2 amide bonds. The van der Waals surface area contributed by atoms with E-state index in [9.17, 15) is 14.4 Å². The van der Waals surface area contributed by atoms with E-state index in [0.717, 1.165) is 16.7 Å². The molecule has 0 aliphatic rings. The van der Waals surface area contributed by atoms with Crippen LogP contribution in [-0.2, 0) is 20.7 Å². The summed E-state index contributed by atoms with van der Waals surface area (Å²) in [5.41, 5.74) is 8.46. The highest BCUT2D eigenvalue weighted by molar-refractivity contribution is 7.80. The number of hydrogen-bond donors (Lipinski definition) is 3. The van der Waals surface area contributed by atoms with Crippen molar-refractivity contribution in [3.63, 3.8) is 0 Å². The van der Waals surface area contributed by atoms with E-state index in [2.05, 4.69) is 16.2 Å². The predicted octanol–water partition coefficient (Wildman–Crippen LogP) is 3.56. The number of rotatable bonds is 8. The second kappa shape index (κ2) is 12.9. The van der Waals surface area contributed by atoms with Crippen LogP contribution in [0.1, 0.15) is 28.8 Å². The van der Waals surface area contributed by atoms with Crippen LogP contribution in [0.5, 0.6) is 0 Å². The summed E-state index contributed by atoms with van der Waals surface area (Å²) in [7, 11) is 0. The maximum Gasteiger partial charge on any atom is 0.306 e. The van der Waals surface area contributed by atoms with Crippen LogP contribution >= 0.6 is 12.2 Å². The van der Waals surface area contributed by atoms with Gasteiger partial charge in [-0.3, -0.25) is 25.2 Å². The zero-order valence-corrected chi connectivity index (χ0v) is 19.3. The number of hydrazine groups is 1. The Morgan fingerprint density at radius 3 is 2.03 bits per heavy atom. The number of carbonyl (C=O) groups excluding carboxylic acids is 3. The molecule has 3 aromatic rings. The predicted molar refractivity (Wildman–Crippen MR) is 134 cm³/mol. The van der Waals surface area contributed by atoms with E-state index in [4.69, 9.17) is 17.0 Å². The molecule has 3 rings (SSSR count). The summed E-state index contributed by atoms with van der Waals surface area (Å²) in [6.07, 6.45) is 0.464. The van der Waals surface area contributed by atoms with Crippen LogP contribution in [0, 0.1) is 0 Å². The average molecular weight is 476 g/mol. The molecule has 0 heterocycles. The van der Waals surface area contributed by atoms with Gasteiger partial charge in [-0.15, -0.1) is 0 Å². The first-order valence-corrected chi connectivity index (χ1v) is 11.2. The Bertz CT molecular complexity index is 1120. The molecule has 0 aliphatic carbocycles. The summed E-state index contributed by atoms with van der Waals surface area (Å²) >= 11 is 5.01. The molecule has 0 aromatic heterocycles. The molecule has 0 bridgehead atoms. The Kier molecular flexibility index (Phi) is 9.30. The van der Waals surface area contributed by atoms with Crippen LogP contribution in [0.15, 0.2) is 84.9 Å². The highest BCUT2D eigenvalue weighted by Crippen LogP contribution is 2.19. The third-order valence-corrected chi connectivity index (χ3v) is 5.05. The fourth-order valence-electron chi connectivity index (χ4n) is 3.07. The lowest BCUT2D eigenvalue weighted by atomic mass is 10.0. The second-order valence-electron chi connectivity index (χ2n) is 7.36. The molecule has 174 valence electrons. The molecule has 0 atom stereocenters. The number of ether oxygens (including phenoxy) is 1. The van der Waals surface area contributed by atoms with Crippen molar-refractivity contribution >= 4 is 35.1 Å². The van der Waals surface area contributed by atoms with Gasteiger partial charge in [-0.05, 0) is 41.0 Å². The van der Waals surface area contributed by atoms with Gasteiger partial charge in [-0.25, -0.2) is 0 Å². The van der Waals surface area contributed by atoms with Gasteiger partial charge in [0.25, 0.3) is 5.91 Å². The molecular formula is C26H25N3O4S. The quantitative estimate of drug-likeness (QED) is 0.262. The van der Waals surface area contributed by atoms with Gasteiger partial charge < -0.3 is 10.1 Å². The fraction of sp³-hybridized carbons (Fsp3) is 0.154. The largest absolute Gasteiger partial charge is 0.465 e. The van der Waals surface area contributed by atoms with Crippen molar-refractivity contribution in [1.29, 1.82) is 0 Å². The lowest BCUT2D eigenvalue weighted by molar-refractivity contribution is -0.144. The van der Waals surface area contributed by atoms with Crippen molar-refractivity contribution in [3.8, 4) is 11.1 Å². The van der Waals surface area contributed by atoms with Crippen LogP contribution in [0.3, 0.4) is 0 Å². The van der Waals surface area contributed by atoms with Gasteiger partial charge >= 0.3 is 5.97 Å². The van der Waals surface area contributed by atoms with Crippen LogP contribution < -0.4 is 16.2 Å². The molecular weight excluding hydrogens is 450 g/mol. The second-order valence-corrected chi connectivity index (χ2v) is 7.76. The number of amides is 2. The highest BCUT2D eigenvalue weighted by Gasteiger charge is 2.11. The molecule has 3 N–H and O–H groups in total. The fourth-order valence-corrected chi connectivity index (χ4v) is 3.23.